The molecule has 0 fully saturated rings. The van der Waals surface area contributed by atoms with Crippen molar-refractivity contribution in [2.24, 2.45) is 5.41 Å². The van der Waals surface area contributed by atoms with E-state index in [0.29, 0.717) is 5.41 Å². The molecule has 19 heavy (non-hydrogen) atoms. The summed E-state index contributed by atoms with van der Waals surface area (Å²) in [5, 5.41) is 3.95. The molecule has 0 nitrogen and oxygen atoms in total. The van der Waals surface area contributed by atoms with E-state index < -0.39 is 0 Å². The van der Waals surface area contributed by atoms with Gasteiger partial charge in [0.25, 0.3) is 0 Å². The zero-order chi connectivity index (χ0) is 14.0. The van der Waals surface area contributed by atoms with Crippen LogP contribution in [0.4, 0.5) is 0 Å². The van der Waals surface area contributed by atoms with Crippen molar-refractivity contribution in [3.63, 3.8) is 0 Å². The van der Waals surface area contributed by atoms with Crippen molar-refractivity contribution in [1.29, 1.82) is 0 Å². The Kier molecular flexibility index (Phi) is 4.11. The molecule has 0 spiro atoms. The summed E-state index contributed by atoms with van der Waals surface area (Å²) >= 11 is 0. The Morgan fingerprint density at radius 2 is 1.68 bits per heavy atom. The van der Waals surface area contributed by atoms with Gasteiger partial charge < -0.3 is 0 Å². The number of hydrogen-bond donors (Lipinski definition) is 0. The second-order valence-corrected chi connectivity index (χ2v) is 6.92. The average Bonchev–Trinajstić information content (AvgIpc) is 2.36. The second kappa shape index (κ2) is 5.47. The number of rotatable bonds is 2. The molecule has 1 atom stereocenters. The quantitative estimate of drug-likeness (QED) is 0.660. The van der Waals surface area contributed by atoms with E-state index in [9.17, 15) is 0 Å². The van der Waals surface area contributed by atoms with Crippen LogP contribution < -0.4 is 5.30 Å². The van der Waals surface area contributed by atoms with Gasteiger partial charge in [0, 0.05) is 0 Å². The molecule has 0 aliphatic carbocycles. The molecule has 0 bridgehead atoms. The van der Waals surface area contributed by atoms with Crippen molar-refractivity contribution in [3.05, 3.63) is 48.0 Å². The van der Waals surface area contributed by atoms with Crippen molar-refractivity contribution in [2.75, 3.05) is 0 Å². The minimum absolute atomic E-state index is 0.308. The predicted octanol–water partition coefficient (Wildman–Crippen LogP) is 5.18. The van der Waals surface area contributed by atoms with Gasteiger partial charge in [0.15, 0.2) is 0 Å². The summed E-state index contributed by atoms with van der Waals surface area (Å²) < 4.78 is 0. The lowest BCUT2D eigenvalue weighted by Gasteiger charge is -2.22. The molecule has 2 aromatic rings. The average molecular weight is 270 g/mol. The Bertz CT molecular complexity index is 615. The molecule has 0 saturated carbocycles. The van der Waals surface area contributed by atoms with Crippen molar-refractivity contribution >= 4 is 30.9 Å². The van der Waals surface area contributed by atoms with Crippen LogP contribution in [0.25, 0.3) is 16.3 Å². The van der Waals surface area contributed by atoms with Crippen molar-refractivity contribution < 1.29 is 0 Å². The Labute approximate surface area is 119 Å². The highest BCUT2D eigenvalue weighted by molar-refractivity contribution is 7.28. The smallest absolute Gasteiger partial charge is 0.0103 e. The molecule has 0 aliphatic rings. The van der Waals surface area contributed by atoms with Crippen LogP contribution in [-0.4, -0.2) is 0 Å². The first-order valence-corrected chi connectivity index (χ1v) is 7.43. The van der Waals surface area contributed by atoms with Crippen LogP contribution in [0.2, 0.25) is 0 Å². The zero-order valence-electron chi connectivity index (χ0n) is 12.3. The third kappa shape index (κ3) is 3.25. The minimum Gasteiger partial charge on any atom is -0.105 e. The van der Waals surface area contributed by atoms with E-state index in [-0.39, 0.29) is 0 Å². The van der Waals surface area contributed by atoms with Gasteiger partial charge in [0.05, 0.1) is 0 Å². The predicted molar refractivity (Wildman–Crippen MR) is 91.0 cm³/mol. The van der Waals surface area contributed by atoms with E-state index in [2.05, 4.69) is 79.4 Å². The Hall–Kier alpha value is -1.13. The highest BCUT2D eigenvalue weighted by Gasteiger charge is 2.15. The van der Waals surface area contributed by atoms with Gasteiger partial charge in [-0.3, -0.25) is 0 Å². The molecular formula is C18H23P. The molecule has 100 valence electrons. The van der Waals surface area contributed by atoms with Gasteiger partial charge in [-0.1, -0.05) is 63.2 Å². The maximum absolute atomic E-state index is 2.83. The molecule has 0 aliphatic heterocycles. The summed E-state index contributed by atoms with van der Waals surface area (Å²) in [4.78, 5) is 0. The first-order chi connectivity index (χ1) is 8.92. The lowest BCUT2D eigenvalue weighted by molar-refractivity contribution is 0.427. The van der Waals surface area contributed by atoms with E-state index in [0.717, 1.165) is 6.42 Å². The summed E-state index contributed by atoms with van der Waals surface area (Å²) in [5.41, 5.74) is 3.12. The number of fused-ring (bicyclic) bond motifs is 1. The highest BCUT2D eigenvalue weighted by atomic mass is 31.0. The third-order valence-corrected chi connectivity index (χ3v) is 3.88. The zero-order valence-corrected chi connectivity index (χ0v) is 13.5. The molecule has 1 heteroatoms. The van der Waals surface area contributed by atoms with Gasteiger partial charge in [-0.25, -0.2) is 0 Å². The monoisotopic (exact) mass is 270 g/mol. The summed E-state index contributed by atoms with van der Waals surface area (Å²) in [6.45, 7) is 9.03. The van der Waals surface area contributed by atoms with E-state index in [4.69, 9.17) is 0 Å². The lowest BCUT2D eigenvalue weighted by atomic mass is 9.84. The molecule has 0 heterocycles. The molecule has 0 saturated heterocycles. The molecule has 2 aromatic carbocycles. The molecule has 0 aromatic heterocycles. The molecule has 2 rings (SSSR count). The van der Waals surface area contributed by atoms with Crippen LogP contribution in [0, 0.1) is 5.41 Å². The fourth-order valence-corrected chi connectivity index (χ4v) is 2.87. The normalized spacial score (nSPS) is 13.0. The summed E-state index contributed by atoms with van der Waals surface area (Å²) in [6, 6.07) is 13.1. The van der Waals surface area contributed by atoms with E-state index in [1.807, 2.05) is 0 Å². The van der Waals surface area contributed by atoms with Crippen LogP contribution in [0.1, 0.15) is 39.7 Å². The molecular weight excluding hydrogens is 247 g/mol. The van der Waals surface area contributed by atoms with Gasteiger partial charge in [-0.05, 0) is 46.0 Å². The van der Waals surface area contributed by atoms with Gasteiger partial charge in [0.2, 0.25) is 0 Å². The summed E-state index contributed by atoms with van der Waals surface area (Å²) in [7, 11) is 2.83. The van der Waals surface area contributed by atoms with Gasteiger partial charge in [0.1, 0.15) is 0 Å². The van der Waals surface area contributed by atoms with Crippen LogP contribution in [-0.2, 0) is 0 Å². The maximum Gasteiger partial charge on any atom is -0.0103 e. The largest absolute Gasteiger partial charge is 0.105 e. The van der Waals surface area contributed by atoms with Crippen molar-refractivity contribution in [1.82, 2.24) is 0 Å². The van der Waals surface area contributed by atoms with Crippen LogP contribution >= 0.6 is 9.24 Å². The third-order valence-electron chi connectivity index (χ3n) is 3.37. The van der Waals surface area contributed by atoms with Crippen molar-refractivity contribution in [2.45, 2.75) is 34.1 Å². The maximum atomic E-state index is 2.83. The first kappa shape index (κ1) is 14.3. The molecule has 0 N–H and O–H groups in total. The lowest BCUT2D eigenvalue weighted by Crippen LogP contribution is -2.07. The Morgan fingerprint density at radius 3 is 2.26 bits per heavy atom. The summed E-state index contributed by atoms with van der Waals surface area (Å²) in [5.74, 6) is 0. The SMILES string of the molecule is C/C=C(\CC(C)(C)C)c1ccc(P)c2ccccc12. The van der Waals surface area contributed by atoms with E-state index in [1.54, 1.807) is 0 Å². The van der Waals surface area contributed by atoms with Gasteiger partial charge in [-0.2, -0.15) is 0 Å². The van der Waals surface area contributed by atoms with Crippen molar-refractivity contribution in [3.8, 4) is 0 Å². The fourth-order valence-electron chi connectivity index (χ4n) is 2.53. The standard InChI is InChI=1S/C18H23P/c1-5-13(12-18(2,3)4)14-10-11-17(19)16-9-7-6-8-15(14)16/h5-11H,12,19H2,1-4H3/b13-5+. The molecule has 0 radical (unpaired) electrons. The molecule has 0 amide bonds. The topological polar surface area (TPSA) is 0 Å². The van der Waals surface area contributed by atoms with Gasteiger partial charge in [-0.15, -0.1) is 9.24 Å². The van der Waals surface area contributed by atoms with E-state index >= 15 is 0 Å². The van der Waals surface area contributed by atoms with E-state index in [1.165, 1.54) is 27.2 Å². The molecule has 1 unspecified atom stereocenters. The Balaban J connectivity index is 2.59. The Morgan fingerprint density at radius 1 is 1.05 bits per heavy atom. The van der Waals surface area contributed by atoms with Crippen LogP contribution in [0.3, 0.4) is 0 Å². The fraction of sp³-hybridized carbons (Fsp3) is 0.333. The second-order valence-electron chi connectivity index (χ2n) is 6.30. The van der Waals surface area contributed by atoms with Crippen LogP contribution in [0.5, 0.6) is 0 Å². The van der Waals surface area contributed by atoms with Gasteiger partial charge >= 0.3 is 0 Å². The number of allylic oxidation sites excluding steroid dienone is 2. The summed E-state index contributed by atoms with van der Waals surface area (Å²) in [6.07, 6.45) is 3.36. The first-order valence-electron chi connectivity index (χ1n) is 6.85. The number of benzene rings is 2. The highest BCUT2D eigenvalue weighted by Crippen LogP contribution is 2.33. The number of hydrogen-bond acceptors (Lipinski definition) is 0. The minimum atomic E-state index is 0.308. The van der Waals surface area contributed by atoms with Crippen LogP contribution in [0.15, 0.2) is 42.5 Å².